The second kappa shape index (κ2) is 9.93. The van der Waals surface area contributed by atoms with Crippen molar-refractivity contribution in [1.29, 1.82) is 0 Å². The molecule has 0 aliphatic rings. The Labute approximate surface area is 166 Å². The summed E-state index contributed by atoms with van der Waals surface area (Å²) in [7, 11) is 1.32. The van der Waals surface area contributed by atoms with Gasteiger partial charge < -0.3 is 14.2 Å². The maximum Gasteiger partial charge on any atom is 0.279 e. The van der Waals surface area contributed by atoms with Crippen LogP contribution in [0.3, 0.4) is 0 Å². The number of benzene rings is 2. The Kier molecular flexibility index (Phi) is 7.35. The van der Waals surface area contributed by atoms with E-state index in [0.717, 1.165) is 6.07 Å². The fraction of sp³-hybridized carbons (Fsp3) is 0.263. The molecule has 0 aliphatic carbocycles. The molecule has 0 saturated carbocycles. The highest BCUT2D eigenvalue weighted by atomic mass is 16.6. The number of nitro groups is 1. The smallest absolute Gasteiger partial charge is 0.279 e. The molecule has 0 unspecified atom stereocenters. The molecule has 2 rings (SSSR count). The molecule has 0 heterocycles. The first-order chi connectivity index (χ1) is 13.8. The average molecular weight is 403 g/mol. The number of methoxy groups -OCH3 is 1. The van der Waals surface area contributed by atoms with Crippen LogP contribution in [0.2, 0.25) is 0 Å². The van der Waals surface area contributed by atoms with Gasteiger partial charge in [-0.25, -0.2) is 0 Å². The van der Waals surface area contributed by atoms with Gasteiger partial charge in [0.05, 0.1) is 24.2 Å². The molecule has 154 valence electrons. The second-order valence-corrected chi connectivity index (χ2v) is 5.75. The third kappa shape index (κ3) is 5.83. The predicted molar refractivity (Wildman–Crippen MR) is 103 cm³/mol. The van der Waals surface area contributed by atoms with Gasteiger partial charge in [0.15, 0.2) is 6.10 Å². The van der Waals surface area contributed by atoms with Gasteiger partial charge in [-0.1, -0.05) is 0 Å². The monoisotopic (exact) mass is 403 g/mol. The van der Waals surface area contributed by atoms with Crippen LogP contribution in [-0.2, 0) is 4.79 Å². The molecule has 0 fully saturated rings. The minimum Gasteiger partial charge on any atom is -0.496 e. The van der Waals surface area contributed by atoms with Crippen LogP contribution in [0.15, 0.2) is 42.5 Å². The number of ether oxygens (including phenoxy) is 3. The molecule has 0 radical (unpaired) electrons. The topological polar surface area (TPSA) is 129 Å². The number of carbonyl (C=O) groups excluding carboxylic acids is 2. The lowest BCUT2D eigenvalue weighted by atomic mass is 10.1. The van der Waals surface area contributed by atoms with Crippen LogP contribution < -0.4 is 25.1 Å². The van der Waals surface area contributed by atoms with E-state index in [-0.39, 0.29) is 17.0 Å². The van der Waals surface area contributed by atoms with Gasteiger partial charge in [-0.15, -0.1) is 0 Å². The minimum atomic E-state index is -0.916. The highest BCUT2D eigenvalue weighted by Gasteiger charge is 2.20. The summed E-state index contributed by atoms with van der Waals surface area (Å²) in [6.45, 7) is 3.91. The lowest BCUT2D eigenvalue weighted by molar-refractivity contribution is -0.384. The van der Waals surface area contributed by atoms with E-state index in [1.807, 2.05) is 6.92 Å². The van der Waals surface area contributed by atoms with E-state index in [9.17, 15) is 19.7 Å². The molecule has 0 aromatic heterocycles. The van der Waals surface area contributed by atoms with Crippen LogP contribution in [0.25, 0.3) is 0 Å². The van der Waals surface area contributed by atoms with Gasteiger partial charge in [0.1, 0.15) is 17.2 Å². The van der Waals surface area contributed by atoms with Crippen molar-refractivity contribution >= 4 is 17.5 Å². The van der Waals surface area contributed by atoms with Crippen LogP contribution in [-0.4, -0.2) is 36.6 Å². The third-order valence-electron chi connectivity index (χ3n) is 3.75. The summed E-state index contributed by atoms with van der Waals surface area (Å²) in [5, 5.41) is 10.9. The standard InChI is InChI=1S/C19H21N3O7/c1-4-28-14-6-8-15(9-7-14)29-12(2)18(23)20-21-19(24)16-11-13(22(25)26)5-10-17(16)27-3/h5-12H,4H2,1-3H3,(H,20,23)(H,21,24)/t12-/m1/s1. The average Bonchev–Trinajstić information content (AvgIpc) is 2.72. The third-order valence-corrected chi connectivity index (χ3v) is 3.75. The van der Waals surface area contributed by atoms with Crippen molar-refractivity contribution < 1.29 is 28.7 Å². The minimum absolute atomic E-state index is 0.0953. The molecule has 0 aliphatic heterocycles. The molecule has 10 nitrogen and oxygen atoms in total. The Morgan fingerprint density at radius 2 is 1.76 bits per heavy atom. The summed E-state index contributed by atoms with van der Waals surface area (Å²) in [5.74, 6) is -0.136. The largest absolute Gasteiger partial charge is 0.496 e. The first-order valence-electron chi connectivity index (χ1n) is 8.67. The number of rotatable bonds is 8. The van der Waals surface area contributed by atoms with Crippen LogP contribution in [0, 0.1) is 10.1 Å². The van der Waals surface area contributed by atoms with Gasteiger partial charge in [0.25, 0.3) is 17.5 Å². The predicted octanol–water partition coefficient (Wildman–Crippen LogP) is 2.23. The first kappa shape index (κ1) is 21.5. The summed E-state index contributed by atoms with van der Waals surface area (Å²) in [6, 6.07) is 10.3. The lowest BCUT2D eigenvalue weighted by Gasteiger charge is -2.16. The second-order valence-electron chi connectivity index (χ2n) is 5.75. The van der Waals surface area contributed by atoms with E-state index in [0.29, 0.717) is 18.1 Å². The van der Waals surface area contributed by atoms with Crippen molar-refractivity contribution in [3.05, 3.63) is 58.1 Å². The molecule has 29 heavy (non-hydrogen) atoms. The maximum atomic E-state index is 12.3. The number of non-ortho nitro benzene ring substituents is 1. The van der Waals surface area contributed by atoms with Gasteiger partial charge in [0, 0.05) is 12.1 Å². The van der Waals surface area contributed by atoms with E-state index in [1.54, 1.807) is 24.3 Å². The van der Waals surface area contributed by atoms with Gasteiger partial charge in [-0.05, 0) is 44.2 Å². The quantitative estimate of drug-likeness (QED) is 0.511. The Hall–Kier alpha value is -3.82. The molecule has 2 N–H and O–H groups in total. The molecule has 2 aromatic rings. The summed E-state index contributed by atoms with van der Waals surface area (Å²) in [4.78, 5) is 34.7. The van der Waals surface area contributed by atoms with Crippen molar-refractivity contribution in [1.82, 2.24) is 10.9 Å². The first-order valence-corrected chi connectivity index (χ1v) is 8.67. The number of carbonyl (C=O) groups is 2. The zero-order valence-corrected chi connectivity index (χ0v) is 16.1. The van der Waals surface area contributed by atoms with Crippen LogP contribution in [0.4, 0.5) is 5.69 Å². The number of nitrogens with zero attached hydrogens (tertiary/aromatic N) is 1. The molecular formula is C19H21N3O7. The number of hydrazine groups is 1. The SMILES string of the molecule is CCOc1ccc(O[C@H](C)C(=O)NNC(=O)c2cc([N+](=O)[O-])ccc2OC)cc1. The number of hydrogen-bond acceptors (Lipinski definition) is 7. The fourth-order valence-corrected chi connectivity index (χ4v) is 2.31. The van der Waals surface area contributed by atoms with Crippen molar-refractivity contribution in [3.63, 3.8) is 0 Å². The maximum absolute atomic E-state index is 12.3. The van der Waals surface area contributed by atoms with Crippen molar-refractivity contribution in [2.75, 3.05) is 13.7 Å². The number of nitro benzene ring substituents is 1. The van der Waals surface area contributed by atoms with E-state index in [4.69, 9.17) is 14.2 Å². The van der Waals surface area contributed by atoms with Gasteiger partial charge >= 0.3 is 0 Å². The summed E-state index contributed by atoms with van der Waals surface area (Å²) >= 11 is 0. The Morgan fingerprint density at radius 3 is 2.34 bits per heavy atom. The number of amides is 2. The number of nitrogens with one attached hydrogen (secondary N) is 2. The Morgan fingerprint density at radius 1 is 1.10 bits per heavy atom. The fourth-order valence-electron chi connectivity index (χ4n) is 2.31. The van der Waals surface area contributed by atoms with Crippen molar-refractivity contribution in [2.45, 2.75) is 20.0 Å². The molecule has 0 bridgehead atoms. The summed E-state index contributed by atoms with van der Waals surface area (Å²) < 4.78 is 15.9. The van der Waals surface area contributed by atoms with Crippen LogP contribution in [0.1, 0.15) is 24.2 Å². The number of hydrogen-bond donors (Lipinski definition) is 2. The molecule has 2 aromatic carbocycles. The van der Waals surface area contributed by atoms with Crippen LogP contribution in [0.5, 0.6) is 17.2 Å². The van der Waals surface area contributed by atoms with Crippen LogP contribution >= 0.6 is 0 Å². The van der Waals surface area contributed by atoms with Gasteiger partial charge in [-0.3, -0.25) is 30.6 Å². The van der Waals surface area contributed by atoms with E-state index in [1.165, 1.54) is 26.2 Å². The highest BCUT2D eigenvalue weighted by Crippen LogP contribution is 2.23. The Bertz CT molecular complexity index is 884. The Balaban J connectivity index is 1.96. The molecule has 0 spiro atoms. The molecular weight excluding hydrogens is 382 g/mol. The highest BCUT2D eigenvalue weighted by molar-refractivity contribution is 5.98. The zero-order valence-electron chi connectivity index (χ0n) is 16.1. The summed E-state index contributed by atoms with van der Waals surface area (Å²) in [5.41, 5.74) is 4.03. The molecule has 2 amide bonds. The van der Waals surface area contributed by atoms with Crippen molar-refractivity contribution in [2.24, 2.45) is 0 Å². The van der Waals surface area contributed by atoms with Gasteiger partial charge in [0.2, 0.25) is 0 Å². The normalized spacial score (nSPS) is 11.1. The van der Waals surface area contributed by atoms with E-state index >= 15 is 0 Å². The molecule has 1 atom stereocenters. The van der Waals surface area contributed by atoms with Crippen molar-refractivity contribution in [3.8, 4) is 17.2 Å². The van der Waals surface area contributed by atoms with E-state index in [2.05, 4.69) is 10.9 Å². The van der Waals surface area contributed by atoms with E-state index < -0.39 is 22.8 Å². The molecule has 0 saturated heterocycles. The van der Waals surface area contributed by atoms with Gasteiger partial charge in [-0.2, -0.15) is 0 Å². The zero-order chi connectivity index (χ0) is 21.4. The molecule has 10 heteroatoms. The summed E-state index contributed by atoms with van der Waals surface area (Å²) in [6.07, 6.45) is -0.916. The lowest BCUT2D eigenvalue weighted by Crippen LogP contribution is -2.47.